The summed E-state index contributed by atoms with van der Waals surface area (Å²) in [4.78, 5) is 48.6. The minimum Gasteiger partial charge on any atom is -0.476 e. The molecule has 1 fully saturated rings. The van der Waals surface area contributed by atoms with Crippen molar-refractivity contribution in [2.45, 2.75) is 23.3 Å². The van der Waals surface area contributed by atoms with Gasteiger partial charge < -0.3 is 14.6 Å². The van der Waals surface area contributed by atoms with Crippen LogP contribution in [0.15, 0.2) is 41.8 Å². The van der Waals surface area contributed by atoms with Crippen LogP contribution in [0.5, 0.6) is 0 Å². The number of rotatable bonds is 6. The second kappa shape index (κ2) is 7.88. The van der Waals surface area contributed by atoms with Crippen LogP contribution in [-0.2, 0) is 39.9 Å². The second-order valence-electron chi connectivity index (χ2n) is 6.18. The van der Waals surface area contributed by atoms with Crippen molar-refractivity contribution in [2.24, 2.45) is 0 Å². The third-order valence-corrected chi connectivity index (χ3v) is 6.19. The monoisotopic (exact) mass is 480 g/mol. The Bertz CT molecular complexity index is 1100. The summed E-state index contributed by atoms with van der Waals surface area (Å²) in [5.74, 6) is -5.41. The van der Waals surface area contributed by atoms with Crippen LogP contribution in [0.3, 0.4) is 0 Å². The van der Waals surface area contributed by atoms with Crippen molar-refractivity contribution in [3.8, 4) is 0 Å². The highest BCUT2D eigenvalue weighted by Gasteiger charge is 2.59. The molecule has 2 aliphatic rings. The molecule has 1 aromatic rings. The lowest BCUT2D eigenvalue weighted by Crippen LogP contribution is -2.71. The molecule has 0 saturated carbocycles. The number of β-lactam (4-membered cyclic amide) rings is 1. The predicted octanol–water partition coefficient (Wildman–Crippen LogP) is 0.318. The van der Waals surface area contributed by atoms with Gasteiger partial charge in [-0.1, -0.05) is 42.1 Å². The van der Waals surface area contributed by atoms with Crippen molar-refractivity contribution >= 4 is 44.8 Å². The summed E-state index contributed by atoms with van der Waals surface area (Å²) in [6.07, 6.45) is -0.129. The molecule has 2 amide bonds. The Morgan fingerprint density at radius 2 is 1.81 bits per heavy atom. The lowest BCUT2D eigenvalue weighted by atomic mass is 10.0. The molecule has 31 heavy (non-hydrogen) atoms. The molecule has 2 heterocycles. The van der Waals surface area contributed by atoms with Crippen molar-refractivity contribution in [1.29, 1.82) is 0 Å². The Morgan fingerprint density at radius 3 is 2.35 bits per heavy atom. The fraction of sp³-hybridized carbons (Fsp3) is 0.250. The van der Waals surface area contributed by atoms with Gasteiger partial charge in [0.2, 0.25) is 11.7 Å². The van der Waals surface area contributed by atoms with Crippen molar-refractivity contribution < 1.29 is 50.1 Å². The molecule has 166 valence electrons. The van der Waals surface area contributed by atoms with Crippen LogP contribution in [0.2, 0.25) is 0 Å². The van der Waals surface area contributed by atoms with Gasteiger partial charge in [0.05, 0.1) is 6.42 Å². The molecule has 2 aliphatic heterocycles. The molecular weight excluding hydrogens is 469 g/mol. The number of halogens is 3. The second-order valence-corrected chi connectivity index (χ2v) is 8.81. The van der Waals surface area contributed by atoms with E-state index in [4.69, 9.17) is 0 Å². The maximum atomic E-state index is 12.6. The lowest BCUT2D eigenvalue weighted by Gasteiger charge is -2.48. The molecule has 0 aromatic heterocycles. The summed E-state index contributed by atoms with van der Waals surface area (Å²) in [5, 5.41) is 8.84. The van der Waals surface area contributed by atoms with Crippen LogP contribution >= 0.6 is 11.8 Å². The summed E-state index contributed by atoms with van der Waals surface area (Å²) < 4.78 is 63.8. The molecule has 0 spiro atoms. The summed E-state index contributed by atoms with van der Waals surface area (Å²) >= 11 is 0.150. The van der Waals surface area contributed by atoms with Gasteiger partial charge in [0.25, 0.3) is 11.0 Å². The molecule has 0 aliphatic carbocycles. The Balaban J connectivity index is 1.83. The average molecular weight is 480 g/mol. The Morgan fingerprint density at radius 1 is 1.19 bits per heavy atom. The van der Waals surface area contributed by atoms with Crippen molar-refractivity contribution in [1.82, 2.24) is 10.2 Å². The van der Waals surface area contributed by atoms with Gasteiger partial charge in [0.15, 0.2) is 5.70 Å². The first-order valence-electron chi connectivity index (χ1n) is 8.19. The molecular formula is C16H11F3N2O8S2. The maximum absolute atomic E-state index is 12.6. The van der Waals surface area contributed by atoms with Gasteiger partial charge >= 0.3 is 21.6 Å². The van der Waals surface area contributed by atoms with Crippen molar-refractivity contribution in [3.05, 3.63) is 47.4 Å². The molecule has 15 heteroatoms. The Labute approximate surface area is 176 Å². The number of fused-ring (bicyclic) bond motifs is 1. The van der Waals surface area contributed by atoms with Gasteiger partial charge in [-0.3, -0.25) is 19.3 Å². The number of hydrogen-bond acceptors (Lipinski definition) is 8. The summed E-state index contributed by atoms with van der Waals surface area (Å²) in [5.41, 5.74) is -6.69. The van der Waals surface area contributed by atoms with E-state index in [1.165, 1.54) is 0 Å². The van der Waals surface area contributed by atoms with Crippen LogP contribution in [0.4, 0.5) is 13.2 Å². The van der Waals surface area contributed by atoms with Crippen LogP contribution < -0.4 is 5.32 Å². The fourth-order valence-corrected chi connectivity index (χ4v) is 4.38. The normalized spacial score (nSPS) is 21.3. The number of alkyl halides is 3. The standard InChI is InChI=1S/C16H11F3N2O8S2/c17-16(18,19)31(27,28)29-11-10(14(24)25)21-12(23)9(13(21)30-15(11)26)20-8(22)6-7-4-2-1-3-5-7/h1-5,9,13H,6H2,(H,20,22)(H,24,25)/t9-,13+/m1/s1. The summed E-state index contributed by atoms with van der Waals surface area (Å²) in [6, 6.07) is 7.01. The molecule has 1 aromatic carbocycles. The van der Waals surface area contributed by atoms with E-state index in [1.807, 2.05) is 0 Å². The molecule has 2 N–H and O–H groups in total. The minimum atomic E-state index is -6.36. The molecule has 10 nitrogen and oxygen atoms in total. The quantitative estimate of drug-likeness (QED) is 0.334. The number of carbonyl (C=O) groups excluding carboxylic acids is 3. The number of nitrogens with one attached hydrogen (secondary N) is 1. The van der Waals surface area contributed by atoms with E-state index in [9.17, 15) is 45.9 Å². The molecule has 1 saturated heterocycles. The van der Waals surface area contributed by atoms with E-state index >= 15 is 0 Å². The number of carboxylic acids is 1. The predicted molar refractivity (Wildman–Crippen MR) is 96.0 cm³/mol. The maximum Gasteiger partial charge on any atom is 0.534 e. The van der Waals surface area contributed by atoms with Gasteiger partial charge in [-0.2, -0.15) is 21.6 Å². The van der Waals surface area contributed by atoms with Crippen LogP contribution in [-0.4, -0.2) is 58.2 Å². The van der Waals surface area contributed by atoms with E-state index in [1.54, 1.807) is 30.3 Å². The van der Waals surface area contributed by atoms with Gasteiger partial charge in [-0.25, -0.2) is 4.79 Å². The smallest absolute Gasteiger partial charge is 0.476 e. The summed E-state index contributed by atoms with van der Waals surface area (Å²) in [7, 11) is -6.36. The van der Waals surface area contributed by atoms with Gasteiger partial charge in [0.1, 0.15) is 11.4 Å². The molecule has 3 rings (SSSR count). The van der Waals surface area contributed by atoms with Gasteiger partial charge in [-0.05, 0) is 5.56 Å². The van der Waals surface area contributed by atoms with Crippen molar-refractivity contribution in [2.75, 3.05) is 0 Å². The first-order chi connectivity index (χ1) is 14.3. The molecule has 0 unspecified atom stereocenters. The SMILES string of the molecule is O=C(Cc1ccccc1)N[C@@H]1C(=O)N2C(C(=O)O)=C(OS(=O)(=O)C(F)(F)F)C(=O)S[C@@H]12. The minimum absolute atomic E-state index is 0.129. The number of thioether (sulfide) groups is 1. The number of carbonyl (C=O) groups is 4. The van der Waals surface area contributed by atoms with E-state index < -0.39 is 61.4 Å². The third-order valence-electron chi connectivity index (χ3n) is 4.12. The molecule has 0 bridgehead atoms. The van der Waals surface area contributed by atoms with Gasteiger partial charge in [0, 0.05) is 0 Å². The zero-order chi connectivity index (χ0) is 23.1. The largest absolute Gasteiger partial charge is 0.534 e. The van der Waals surface area contributed by atoms with E-state index in [0.29, 0.717) is 10.5 Å². The summed E-state index contributed by atoms with van der Waals surface area (Å²) in [6.45, 7) is 0. The zero-order valence-corrected chi connectivity index (χ0v) is 16.6. The average Bonchev–Trinajstić information content (AvgIpc) is 2.67. The number of aliphatic carboxylic acids is 1. The fourth-order valence-electron chi connectivity index (χ4n) is 2.76. The van der Waals surface area contributed by atoms with E-state index in [2.05, 4.69) is 9.50 Å². The number of benzene rings is 1. The zero-order valence-electron chi connectivity index (χ0n) is 15.0. The Kier molecular flexibility index (Phi) is 5.75. The first kappa shape index (κ1) is 22.6. The van der Waals surface area contributed by atoms with Crippen LogP contribution in [0, 0.1) is 0 Å². The first-order valence-corrected chi connectivity index (χ1v) is 10.5. The van der Waals surface area contributed by atoms with E-state index in [-0.39, 0.29) is 18.2 Å². The van der Waals surface area contributed by atoms with Gasteiger partial charge in [-0.15, -0.1) is 0 Å². The Hall–Kier alpha value is -3.07. The number of carboxylic acid groups (broad SMARTS) is 1. The molecule has 0 radical (unpaired) electrons. The van der Waals surface area contributed by atoms with Crippen LogP contribution in [0.25, 0.3) is 0 Å². The van der Waals surface area contributed by atoms with Crippen molar-refractivity contribution in [3.63, 3.8) is 0 Å². The highest BCUT2D eigenvalue weighted by Crippen LogP contribution is 2.42. The third kappa shape index (κ3) is 4.23. The van der Waals surface area contributed by atoms with Crippen LogP contribution in [0.1, 0.15) is 5.56 Å². The van der Waals surface area contributed by atoms with E-state index in [0.717, 1.165) is 0 Å². The topological polar surface area (TPSA) is 147 Å². The molecule has 2 atom stereocenters. The highest BCUT2D eigenvalue weighted by molar-refractivity contribution is 8.14. The number of nitrogens with zero attached hydrogens (tertiary/aromatic N) is 1. The highest BCUT2D eigenvalue weighted by atomic mass is 32.2. The number of amides is 2. The number of hydrogen-bond donors (Lipinski definition) is 2. The lowest BCUT2D eigenvalue weighted by molar-refractivity contribution is -0.151.